The molecule has 0 radical (unpaired) electrons. The van der Waals surface area contributed by atoms with Crippen LogP contribution in [0.4, 0.5) is 0 Å². The number of allylic oxidation sites excluding steroid dienone is 15. The molecule has 3 unspecified atom stereocenters. The number of quaternary nitrogens is 1. The monoisotopic (exact) mass is 1040 g/mol. The zero-order chi connectivity index (χ0) is 53.5. The number of carbonyl (C=O) groups excluding carboxylic acids is 1. The van der Waals surface area contributed by atoms with Crippen LogP contribution in [0.3, 0.4) is 0 Å². The van der Waals surface area contributed by atoms with E-state index in [1.807, 2.05) is 27.2 Å². The summed E-state index contributed by atoms with van der Waals surface area (Å²) >= 11 is 0. The van der Waals surface area contributed by atoms with Crippen molar-refractivity contribution in [2.75, 3.05) is 40.9 Å². The lowest BCUT2D eigenvalue weighted by Gasteiger charge is -2.29. The van der Waals surface area contributed by atoms with Gasteiger partial charge in [0.05, 0.1) is 39.9 Å². The number of carbonyl (C=O) groups is 1. The van der Waals surface area contributed by atoms with Crippen LogP contribution < -0.4 is 10.2 Å². The lowest BCUT2D eigenvalue weighted by atomic mass is 10.0. The normalized spacial score (nSPS) is 14.6. The highest BCUT2D eigenvalue weighted by molar-refractivity contribution is 7.45. The summed E-state index contributed by atoms with van der Waals surface area (Å²) in [5.41, 5.74) is 0. The standard InChI is InChI=1S/C64H115N2O6P/c1-6-8-10-12-14-16-18-20-22-24-25-26-27-28-29-30-31-32-33-34-35-36-37-38-39-40-41-42-44-46-48-50-52-54-56-58-64(68)65-62(61-72-73(69,70)71-60-59-66(3,4)5)63(67)57-55-53-51-49-47-45-43-23-21-19-17-15-13-11-9-7-2/h8,10,14,16,20,22,25-26,28-29,31-32,34-35,55,57,62-63,67H,6-7,9,11-13,15,17-19,21,23-24,27,30,33,36-54,56,58-61H2,1-5H3,(H-,65,68,69,70)/b10-8-,16-14-,22-20-,26-25-,29-28-,32-31-,35-34-,57-55+. The second-order valence-electron chi connectivity index (χ2n) is 21.3. The van der Waals surface area contributed by atoms with E-state index in [1.54, 1.807) is 6.08 Å². The Hall–Kier alpha value is -2.58. The first-order valence-electron chi connectivity index (χ1n) is 30.1. The van der Waals surface area contributed by atoms with Crippen LogP contribution in [-0.2, 0) is 18.4 Å². The fourth-order valence-corrected chi connectivity index (χ4v) is 9.09. The van der Waals surface area contributed by atoms with Gasteiger partial charge >= 0.3 is 0 Å². The maximum absolute atomic E-state index is 13.0. The van der Waals surface area contributed by atoms with Gasteiger partial charge < -0.3 is 28.8 Å². The van der Waals surface area contributed by atoms with Crippen molar-refractivity contribution in [2.24, 2.45) is 0 Å². The Labute approximate surface area is 451 Å². The lowest BCUT2D eigenvalue weighted by Crippen LogP contribution is -2.45. The van der Waals surface area contributed by atoms with Gasteiger partial charge in [0.2, 0.25) is 5.91 Å². The smallest absolute Gasteiger partial charge is 0.268 e. The van der Waals surface area contributed by atoms with Gasteiger partial charge in [-0.2, -0.15) is 0 Å². The average molecular weight is 1040 g/mol. The molecule has 8 nitrogen and oxygen atoms in total. The summed E-state index contributed by atoms with van der Waals surface area (Å²) < 4.78 is 23.3. The highest BCUT2D eigenvalue weighted by Gasteiger charge is 2.23. The molecular formula is C64H115N2O6P. The fourth-order valence-electron chi connectivity index (χ4n) is 8.37. The number of phosphoric ester groups is 1. The van der Waals surface area contributed by atoms with Crippen molar-refractivity contribution in [3.8, 4) is 0 Å². The van der Waals surface area contributed by atoms with Crippen LogP contribution in [0.25, 0.3) is 0 Å². The van der Waals surface area contributed by atoms with Crippen molar-refractivity contribution < 1.29 is 32.9 Å². The van der Waals surface area contributed by atoms with Crippen LogP contribution in [-0.4, -0.2) is 68.5 Å². The molecule has 0 bridgehead atoms. The maximum atomic E-state index is 13.0. The van der Waals surface area contributed by atoms with Crippen molar-refractivity contribution in [1.82, 2.24) is 5.32 Å². The Morgan fingerprint density at radius 2 is 0.836 bits per heavy atom. The first-order chi connectivity index (χ1) is 35.5. The van der Waals surface area contributed by atoms with Gasteiger partial charge in [-0.25, -0.2) is 0 Å². The summed E-state index contributed by atoms with van der Waals surface area (Å²) in [6, 6.07) is -0.892. The SMILES string of the molecule is CC/C=C\C/C=C\C/C=C\C/C=C\C/C=C\C/C=C\C/C=C\CCCCCCCCCCCCCCCC(=O)NC(COP(=O)([O-])OCC[N+](C)(C)C)C(O)/C=C/CCCCCCCCCCCCCCCC. The first kappa shape index (κ1) is 70.4. The Bertz CT molecular complexity index is 1510. The number of hydrogen-bond acceptors (Lipinski definition) is 6. The maximum Gasteiger partial charge on any atom is 0.268 e. The van der Waals surface area contributed by atoms with Gasteiger partial charge in [-0.1, -0.05) is 265 Å². The molecule has 2 N–H and O–H groups in total. The topological polar surface area (TPSA) is 108 Å². The van der Waals surface area contributed by atoms with E-state index in [2.05, 4.69) is 104 Å². The molecule has 3 atom stereocenters. The summed E-state index contributed by atoms with van der Waals surface area (Å²) in [6.07, 6.45) is 77.7. The van der Waals surface area contributed by atoms with E-state index in [0.29, 0.717) is 17.4 Å². The van der Waals surface area contributed by atoms with Crippen LogP contribution in [0.15, 0.2) is 97.2 Å². The van der Waals surface area contributed by atoms with Crippen LogP contribution in [0, 0.1) is 0 Å². The van der Waals surface area contributed by atoms with Crippen molar-refractivity contribution in [3.63, 3.8) is 0 Å². The molecule has 0 aromatic carbocycles. The highest BCUT2D eigenvalue weighted by Crippen LogP contribution is 2.38. The number of unbranched alkanes of at least 4 members (excludes halogenated alkanes) is 27. The minimum Gasteiger partial charge on any atom is -0.756 e. The van der Waals surface area contributed by atoms with Crippen molar-refractivity contribution in [1.29, 1.82) is 0 Å². The van der Waals surface area contributed by atoms with Gasteiger partial charge in [0.15, 0.2) is 0 Å². The summed E-state index contributed by atoms with van der Waals surface area (Å²) in [4.78, 5) is 25.5. The summed E-state index contributed by atoms with van der Waals surface area (Å²) in [7, 11) is 1.26. The molecule has 0 rings (SSSR count). The molecule has 0 fully saturated rings. The van der Waals surface area contributed by atoms with Gasteiger partial charge in [0.1, 0.15) is 13.2 Å². The number of rotatable bonds is 54. The average Bonchev–Trinajstić information content (AvgIpc) is 3.35. The Morgan fingerprint density at radius 1 is 0.493 bits per heavy atom. The minimum absolute atomic E-state index is 0.00422. The molecule has 0 aliphatic heterocycles. The van der Waals surface area contributed by atoms with Crippen LogP contribution in [0.2, 0.25) is 0 Å². The van der Waals surface area contributed by atoms with Gasteiger partial charge in [0, 0.05) is 6.42 Å². The summed E-state index contributed by atoms with van der Waals surface area (Å²) in [6.45, 7) is 4.54. The zero-order valence-corrected chi connectivity index (χ0v) is 49.0. The van der Waals surface area contributed by atoms with E-state index >= 15 is 0 Å². The Kier molecular flexibility index (Phi) is 52.3. The minimum atomic E-state index is -4.60. The van der Waals surface area contributed by atoms with Crippen molar-refractivity contribution in [2.45, 2.75) is 264 Å². The molecule has 9 heteroatoms. The molecule has 0 aliphatic rings. The first-order valence-corrected chi connectivity index (χ1v) is 31.6. The van der Waals surface area contributed by atoms with E-state index in [4.69, 9.17) is 9.05 Å². The second kappa shape index (κ2) is 54.2. The predicted molar refractivity (Wildman–Crippen MR) is 316 cm³/mol. The molecule has 0 saturated heterocycles. The zero-order valence-electron chi connectivity index (χ0n) is 48.1. The molecule has 422 valence electrons. The number of hydrogen-bond donors (Lipinski definition) is 2. The fraction of sp³-hybridized carbons (Fsp3) is 0.734. The van der Waals surface area contributed by atoms with Gasteiger partial charge in [-0.15, -0.1) is 0 Å². The quantitative estimate of drug-likeness (QED) is 0.0272. The molecular weight excluding hydrogens is 924 g/mol. The van der Waals surface area contributed by atoms with E-state index in [-0.39, 0.29) is 19.1 Å². The molecule has 0 aliphatic carbocycles. The lowest BCUT2D eigenvalue weighted by molar-refractivity contribution is -0.870. The number of amides is 1. The van der Waals surface area contributed by atoms with Crippen LogP contribution in [0.5, 0.6) is 0 Å². The number of aliphatic hydroxyl groups excluding tert-OH is 1. The van der Waals surface area contributed by atoms with Gasteiger partial charge in [-0.05, 0) is 77.0 Å². The van der Waals surface area contributed by atoms with Crippen LogP contribution in [0.1, 0.15) is 251 Å². The van der Waals surface area contributed by atoms with E-state index in [9.17, 15) is 19.4 Å². The summed E-state index contributed by atoms with van der Waals surface area (Å²) in [5, 5.41) is 13.9. The Morgan fingerprint density at radius 3 is 1.22 bits per heavy atom. The van der Waals surface area contributed by atoms with E-state index in [1.165, 1.54) is 148 Å². The molecule has 0 spiro atoms. The third-order valence-electron chi connectivity index (χ3n) is 13.0. The molecule has 73 heavy (non-hydrogen) atoms. The predicted octanol–water partition coefficient (Wildman–Crippen LogP) is 18.0. The van der Waals surface area contributed by atoms with E-state index < -0.39 is 20.0 Å². The number of nitrogens with one attached hydrogen (secondary N) is 1. The number of aliphatic hydroxyl groups is 1. The third-order valence-corrected chi connectivity index (χ3v) is 14.0. The number of nitrogens with zero attached hydrogens (tertiary/aromatic N) is 1. The molecule has 0 aromatic heterocycles. The number of phosphoric acid groups is 1. The third kappa shape index (κ3) is 57.0. The van der Waals surface area contributed by atoms with Gasteiger partial charge in [-0.3, -0.25) is 9.36 Å². The molecule has 0 saturated carbocycles. The van der Waals surface area contributed by atoms with Gasteiger partial charge in [0.25, 0.3) is 7.82 Å². The highest BCUT2D eigenvalue weighted by atomic mass is 31.2. The number of likely N-dealkylation sites (N-methyl/N-ethyl adjacent to an activating group) is 1. The second-order valence-corrected chi connectivity index (χ2v) is 22.7. The molecule has 0 aromatic rings. The Balaban J connectivity index is 4.11. The molecule has 0 heterocycles. The largest absolute Gasteiger partial charge is 0.756 e. The van der Waals surface area contributed by atoms with Crippen molar-refractivity contribution >= 4 is 13.7 Å². The summed E-state index contributed by atoms with van der Waals surface area (Å²) in [5.74, 6) is -0.201. The van der Waals surface area contributed by atoms with Crippen LogP contribution >= 0.6 is 7.82 Å². The molecule has 1 amide bonds. The van der Waals surface area contributed by atoms with E-state index in [0.717, 1.165) is 83.5 Å². The van der Waals surface area contributed by atoms with Crippen molar-refractivity contribution in [3.05, 3.63) is 97.2 Å².